The zero-order chi connectivity index (χ0) is 20.5. The molecule has 0 spiro atoms. The quantitative estimate of drug-likeness (QED) is 0.313. The van der Waals surface area contributed by atoms with Crippen LogP contribution in [0.1, 0.15) is 15.9 Å². The summed E-state index contributed by atoms with van der Waals surface area (Å²) in [7, 11) is 0. The number of carbonyl (C=O) groups excluding carboxylic acids is 1. The second-order valence-electron chi connectivity index (χ2n) is 7.18. The number of rotatable bonds is 4. The van der Waals surface area contributed by atoms with E-state index in [9.17, 15) is 4.79 Å². The van der Waals surface area contributed by atoms with Crippen LogP contribution in [0.5, 0.6) is 0 Å². The molecule has 0 aliphatic carbocycles. The highest BCUT2D eigenvalue weighted by Crippen LogP contribution is 2.45. The Kier molecular flexibility index (Phi) is 4.69. The lowest BCUT2D eigenvalue weighted by atomic mass is 9.92. The number of thiophene rings is 1. The summed E-state index contributed by atoms with van der Waals surface area (Å²) in [6.07, 6.45) is 4.03. The van der Waals surface area contributed by atoms with E-state index in [0.29, 0.717) is 11.3 Å². The average Bonchev–Trinajstić information content (AvgIpc) is 3.34. The van der Waals surface area contributed by atoms with Gasteiger partial charge in [-0.15, -0.1) is 11.3 Å². The summed E-state index contributed by atoms with van der Waals surface area (Å²) < 4.78 is 0. The number of Topliss-reactive ketones (excluding diaryl/α,β-unsaturated/α-hetero) is 1. The summed E-state index contributed by atoms with van der Waals surface area (Å²) in [4.78, 5) is 16.7. The van der Waals surface area contributed by atoms with Gasteiger partial charge in [-0.05, 0) is 29.6 Å². The third-order valence-electron chi connectivity index (χ3n) is 5.36. The topological polar surface area (TPSA) is 46.3 Å². The van der Waals surface area contributed by atoms with Gasteiger partial charge in [-0.1, -0.05) is 72.8 Å². The molecule has 0 bridgehead atoms. The van der Waals surface area contributed by atoms with Crippen LogP contribution in [-0.4, -0.2) is 11.8 Å². The third kappa shape index (κ3) is 3.11. The lowest BCUT2D eigenvalue weighted by Gasteiger charge is -2.36. The van der Waals surface area contributed by atoms with Crippen LogP contribution >= 0.6 is 11.3 Å². The Labute approximate surface area is 179 Å². The monoisotopic (exact) mass is 408 g/mol. The van der Waals surface area contributed by atoms with E-state index >= 15 is 0 Å². The molecule has 3 nitrogen and oxygen atoms in total. The molecule has 30 heavy (non-hydrogen) atoms. The number of hydrogen-bond acceptors (Lipinski definition) is 4. The molecule has 146 valence electrons. The smallest absolute Gasteiger partial charge is 0.189 e. The third-order valence-corrected chi connectivity index (χ3v) is 6.26. The fraction of sp³-hybridized carbons (Fsp3) is 0.0385. The van der Waals surface area contributed by atoms with Gasteiger partial charge in [0.15, 0.2) is 5.78 Å². The van der Waals surface area contributed by atoms with Gasteiger partial charge in [0.2, 0.25) is 0 Å². The minimum Gasteiger partial charge on any atom is -0.397 e. The van der Waals surface area contributed by atoms with Crippen LogP contribution in [0.2, 0.25) is 0 Å². The van der Waals surface area contributed by atoms with Crippen LogP contribution in [0.15, 0.2) is 96.4 Å². The number of nitrogen functional groups attached to an aromatic ring is 1. The Morgan fingerprint density at radius 2 is 1.60 bits per heavy atom. The lowest BCUT2D eigenvalue weighted by Crippen LogP contribution is -2.39. The molecular weight excluding hydrogens is 388 g/mol. The van der Waals surface area contributed by atoms with Gasteiger partial charge in [-0.3, -0.25) is 4.79 Å². The molecule has 1 aliphatic rings. The van der Waals surface area contributed by atoms with E-state index in [2.05, 4.69) is 22.4 Å². The van der Waals surface area contributed by atoms with Gasteiger partial charge in [0.05, 0.1) is 11.4 Å². The first kappa shape index (κ1) is 18.4. The number of fused-ring (bicyclic) bond motifs is 1. The van der Waals surface area contributed by atoms with Gasteiger partial charge in [0, 0.05) is 27.3 Å². The second kappa shape index (κ2) is 7.65. The Morgan fingerprint density at radius 3 is 2.30 bits per heavy atom. The van der Waals surface area contributed by atoms with Crippen molar-refractivity contribution >= 4 is 40.3 Å². The maximum absolute atomic E-state index is 13.5. The molecule has 1 aromatic heterocycles. The predicted octanol–water partition coefficient (Wildman–Crippen LogP) is 6.41. The van der Waals surface area contributed by atoms with Crippen LogP contribution in [0.25, 0.3) is 16.5 Å². The SMILES string of the molecule is Nc1ccc(-c2cccs2)c2c1N(c1ccccc1)C(C(=O)c1ccccc1)C=C2. The van der Waals surface area contributed by atoms with Gasteiger partial charge < -0.3 is 10.6 Å². The lowest BCUT2D eigenvalue weighted by molar-refractivity contribution is 0.0978. The van der Waals surface area contributed by atoms with E-state index in [1.54, 1.807) is 11.3 Å². The van der Waals surface area contributed by atoms with Crippen molar-refractivity contribution in [2.75, 3.05) is 10.6 Å². The summed E-state index contributed by atoms with van der Waals surface area (Å²) in [5.74, 6) is 0.0438. The number of para-hydroxylation sites is 1. The molecule has 0 fully saturated rings. The largest absolute Gasteiger partial charge is 0.397 e. The molecule has 4 aromatic rings. The second-order valence-corrected chi connectivity index (χ2v) is 8.13. The van der Waals surface area contributed by atoms with Crippen molar-refractivity contribution in [1.82, 2.24) is 0 Å². The molecule has 2 heterocycles. The molecule has 0 saturated carbocycles. The molecule has 1 aliphatic heterocycles. The van der Waals surface area contributed by atoms with Crippen molar-refractivity contribution in [3.8, 4) is 10.4 Å². The summed E-state index contributed by atoms with van der Waals surface area (Å²) in [6, 6.07) is 27.1. The fourth-order valence-corrected chi connectivity index (χ4v) is 4.74. The highest BCUT2D eigenvalue weighted by Gasteiger charge is 2.32. The normalized spacial score (nSPS) is 15.1. The minimum absolute atomic E-state index is 0.0438. The van der Waals surface area contributed by atoms with Crippen LogP contribution < -0.4 is 10.6 Å². The molecule has 0 amide bonds. The maximum atomic E-state index is 13.5. The highest BCUT2D eigenvalue weighted by molar-refractivity contribution is 7.13. The van der Waals surface area contributed by atoms with Gasteiger partial charge >= 0.3 is 0 Å². The first-order chi connectivity index (χ1) is 14.7. The summed E-state index contributed by atoms with van der Waals surface area (Å²) in [5.41, 5.74) is 11.8. The zero-order valence-corrected chi connectivity index (χ0v) is 17.0. The highest BCUT2D eigenvalue weighted by atomic mass is 32.1. The fourth-order valence-electron chi connectivity index (χ4n) is 3.98. The minimum atomic E-state index is -0.469. The van der Waals surface area contributed by atoms with Crippen molar-refractivity contribution in [2.45, 2.75) is 6.04 Å². The summed E-state index contributed by atoms with van der Waals surface area (Å²) in [6.45, 7) is 0. The standard InChI is InChI=1S/C26H20N2OS/c27-22-15-13-20(24-12-7-17-30-24)21-14-16-23(26(29)18-8-3-1-4-9-18)28(25(21)22)19-10-5-2-6-11-19/h1-17,23H,27H2. The Bertz CT molecular complexity index is 1210. The van der Waals surface area contributed by atoms with E-state index in [1.807, 2.05) is 84.9 Å². The number of hydrogen-bond donors (Lipinski definition) is 1. The Hall–Kier alpha value is -3.63. The van der Waals surface area contributed by atoms with Crippen molar-refractivity contribution in [2.24, 2.45) is 0 Å². The molecule has 4 heteroatoms. The van der Waals surface area contributed by atoms with Gasteiger partial charge in [0.25, 0.3) is 0 Å². The van der Waals surface area contributed by atoms with Gasteiger partial charge in [0.1, 0.15) is 6.04 Å². The van der Waals surface area contributed by atoms with E-state index in [0.717, 1.165) is 22.5 Å². The molecule has 3 aromatic carbocycles. The van der Waals surface area contributed by atoms with Crippen LogP contribution in [0, 0.1) is 0 Å². The van der Waals surface area contributed by atoms with Gasteiger partial charge in [-0.2, -0.15) is 0 Å². The predicted molar refractivity (Wildman–Crippen MR) is 126 cm³/mol. The number of nitrogens with two attached hydrogens (primary N) is 1. The van der Waals surface area contributed by atoms with Crippen LogP contribution in [0.4, 0.5) is 17.1 Å². The van der Waals surface area contributed by atoms with E-state index < -0.39 is 6.04 Å². The number of carbonyl (C=O) groups is 1. The zero-order valence-electron chi connectivity index (χ0n) is 16.2. The first-order valence-corrected chi connectivity index (χ1v) is 10.7. The van der Waals surface area contributed by atoms with Crippen LogP contribution in [-0.2, 0) is 0 Å². The molecule has 2 N–H and O–H groups in total. The molecule has 1 atom stereocenters. The molecule has 5 rings (SSSR count). The Balaban J connectivity index is 1.71. The number of benzene rings is 3. The first-order valence-electron chi connectivity index (χ1n) is 9.82. The molecule has 0 radical (unpaired) electrons. The van der Waals surface area contributed by atoms with Crippen molar-refractivity contribution in [3.63, 3.8) is 0 Å². The Morgan fingerprint density at radius 1 is 0.867 bits per heavy atom. The molecular formula is C26H20N2OS. The van der Waals surface area contributed by atoms with Gasteiger partial charge in [-0.25, -0.2) is 0 Å². The number of nitrogens with zero attached hydrogens (tertiary/aromatic N) is 1. The number of anilines is 3. The van der Waals surface area contributed by atoms with E-state index in [4.69, 9.17) is 5.73 Å². The van der Waals surface area contributed by atoms with Crippen molar-refractivity contribution in [3.05, 3.63) is 108 Å². The van der Waals surface area contributed by atoms with E-state index in [1.165, 1.54) is 4.88 Å². The van der Waals surface area contributed by atoms with E-state index in [-0.39, 0.29) is 5.78 Å². The summed E-state index contributed by atoms with van der Waals surface area (Å²) >= 11 is 1.70. The summed E-state index contributed by atoms with van der Waals surface area (Å²) in [5, 5.41) is 2.07. The maximum Gasteiger partial charge on any atom is 0.189 e. The molecule has 1 unspecified atom stereocenters. The average molecular weight is 409 g/mol. The number of ketones is 1. The van der Waals surface area contributed by atoms with Crippen molar-refractivity contribution < 1.29 is 4.79 Å². The van der Waals surface area contributed by atoms with Crippen LogP contribution in [0.3, 0.4) is 0 Å². The van der Waals surface area contributed by atoms with Crippen molar-refractivity contribution in [1.29, 1.82) is 0 Å². The molecule has 0 saturated heterocycles.